The van der Waals surface area contributed by atoms with Crippen LogP contribution in [0.5, 0.6) is 0 Å². The van der Waals surface area contributed by atoms with Gasteiger partial charge >= 0.3 is 0 Å². The average Bonchev–Trinajstić information content (AvgIpc) is 2.67. The highest BCUT2D eigenvalue weighted by Crippen LogP contribution is 2.22. The molecule has 0 aromatic carbocycles. The van der Waals surface area contributed by atoms with Crippen molar-refractivity contribution in [2.24, 2.45) is 0 Å². The number of anilines is 2. The topological polar surface area (TPSA) is 89.9 Å². The fourth-order valence-corrected chi connectivity index (χ4v) is 1.32. The van der Waals surface area contributed by atoms with Gasteiger partial charge in [0.2, 0.25) is 0 Å². The van der Waals surface area contributed by atoms with Crippen LogP contribution in [0.1, 0.15) is 11.5 Å². The maximum atomic E-state index is 5.75. The van der Waals surface area contributed by atoms with Gasteiger partial charge in [-0.15, -0.1) is 0 Å². The van der Waals surface area contributed by atoms with Crippen molar-refractivity contribution in [2.45, 2.75) is 13.5 Å². The molecule has 0 aliphatic heterocycles. The predicted octanol–water partition coefficient (Wildman–Crippen LogP) is 1.62. The molecule has 2 rings (SSSR count). The van der Waals surface area contributed by atoms with Crippen LogP contribution in [0.4, 0.5) is 11.5 Å². The van der Waals surface area contributed by atoms with E-state index in [1.54, 1.807) is 0 Å². The van der Waals surface area contributed by atoms with Gasteiger partial charge in [0.1, 0.15) is 12.0 Å². The van der Waals surface area contributed by atoms with Gasteiger partial charge in [-0.25, -0.2) is 9.97 Å². The highest BCUT2D eigenvalue weighted by atomic mass is 35.5. The lowest BCUT2D eigenvalue weighted by molar-refractivity contribution is 0.384. The van der Waals surface area contributed by atoms with Crippen LogP contribution in [-0.4, -0.2) is 15.1 Å². The van der Waals surface area contributed by atoms with Crippen molar-refractivity contribution in [2.75, 3.05) is 11.1 Å². The Labute approximate surface area is 96.8 Å². The van der Waals surface area contributed by atoms with Gasteiger partial charge in [0.15, 0.2) is 16.7 Å². The fraction of sp³-hybridized carbons (Fsp3) is 0.222. The highest BCUT2D eigenvalue weighted by Gasteiger charge is 2.06. The van der Waals surface area contributed by atoms with Crippen molar-refractivity contribution >= 4 is 23.1 Å². The van der Waals surface area contributed by atoms with Crippen LogP contribution in [0.15, 0.2) is 16.9 Å². The molecule has 0 unspecified atom stereocenters. The van der Waals surface area contributed by atoms with Gasteiger partial charge in [-0.2, -0.15) is 0 Å². The van der Waals surface area contributed by atoms with Crippen LogP contribution in [-0.2, 0) is 6.54 Å². The first-order chi connectivity index (χ1) is 7.66. The minimum Gasteiger partial charge on any atom is -0.393 e. The fourth-order valence-electron chi connectivity index (χ4n) is 1.19. The third kappa shape index (κ3) is 2.22. The molecule has 0 atom stereocenters. The second kappa shape index (κ2) is 4.36. The molecule has 0 spiro atoms. The zero-order valence-corrected chi connectivity index (χ0v) is 9.32. The van der Waals surface area contributed by atoms with E-state index in [1.807, 2.05) is 13.0 Å². The SMILES string of the molecule is Cc1cc(CNc2ncnc(Cl)c2N)on1. The Balaban J connectivity index is 2.07. The summed E-state index contributed by atoms with van der Waals surface area (Å²) in [6, 6.07) is 1.83. The second-order valence-corrected chi connectivity index (χ2v) is 3.57. The molecule has 0 aliphatic carbocycles. The summed E-state index contributed by atoms with van der Waals surface area (Å²) in [5, 5.41) is 6.98. The number of hydrogen-bond acceptors (Lipinski definition) is 6. The molecule has 0 bridgehead atoms. The molecular weight excluding hydrogens is 230 g/mol. The summed E-state index contributed by atoms with van der Waals surface area (Å²) in [6.07, 6.45) is 1.34. The number of nitrogen functional groups attached to an aromatic ring is 1. The Kier molecular flexibility index (Phi) is 2.91. The van der Waals surface area contributed by atoms with Crippen molar-refractivity contribution < 1.29 is 4.52 Å². The van der Waals surface area contributed by atoms with Crippen molar-refractivity contribution in [3.63, 3.8) is 0 Å². The van der Waals surface area contributed by atoms with Crippen LogP contribution in [0.25, 0.3) is 0 Å². The molecule has 2 aromatic rings. The van der Waals surface area contributed by atoms with Crippen LogP contribution < -0.4 is 11.1 Å². The van der Waals surface area contributed by atoms with Gasteiger partial charge in [-0.3, -0.25) is 0 Å². The predicted molar refractivity (Wildman–Crippen MR) is 60.0 cm³/mol. The van der Waals surface area contributed by atoms with Gasteiger partial charge in [0.25, 0.3) is 0 Å². The standard InChI is InChI=1S/C9H10ClN5O/c1-5-2-6(16-15-5)3-12-9-7(11)8(10)13-4-14-9/h2,4H,3,11H2,1H3,(H,12,13,14). The molecule has 0 aliphatic rings. The lowest BCUT2D eigenvalue weighted by Crippen LogP contribution is -2.05. The first-order valence-electron chi connectivity index (χ1n) is 4.59. The summed E-state index contributed by atoms with van der Waals surface area (Å²) < 4.78 is 5.03. The Bertz CT molecular complexity index is 498. The van der Waals surface area contributed by atoms with Crippen molar-refractivity contribution in [3.8, 4) is 0 Å². The molecule has 2 aromatic heterocycles. The number of rotatable bonds is 3. The molecule has 7 heteroatoms. The molecule has 16 heavy (non-hydrogen) atoms. The quantitative estimate of drug-likeness (QED) is 0.791. The molecule has 6 nitrogen and oxygen atoms in total. The summed E-state index contributed by atoms with van der Waals surface area (Å²) in [5.41, 5.74) is 6.83. The summed E-state index contributed by atoms with van der Waals surface area (Å²) in [5.74, 6) is 1.18. The molecular formula is C9H10ClN5O. The van der Waals surface area contributed by atoms with E-state index in [1.165, 1.54) is 6.33 Å². The zero-order valence-electron chi connectivity index (χ0n) is 8.57. The van der Waals surface area contributed by atoms with Crippen LogP contribution >= 0.6 is 11.6 Å². The minimum atomic E-state index is 0.228. The summed E-state index contributed by atoms with van der Waals surface area (Å²) >= 11 is 5.75. The summed E-state index contributed by atoms with van der Waals surface area (Å²) in [6.45, 7) is 2.29. The van der Waals surface area contributed by atoms with E-state index >= 15 is 0 Å². The minimum absolute atomic E-state index is 0.228. The number of halogens is 1. The van der Waals surface area contributed by atoms with E-state index in [2.05, 4.69) is 20.4 Å². The van der Waals surface area contributed by atoms with Crippen LogP contribution in [0, 0.1) is 6.92 Å². The molecule has 84 valence electrons. The largest absolute Gasteiger partial charge is 0.393 e. The maximum absolute atomic E-state index is 5.75. The number of aryl methyl sites for hydroxylation is 1. The van der Waals surface area contributed by atoms with Gasteiger partial charge < -0.3 is 15.6 Å². The van der Waals surface area contributed by atoms with E-state index < -0.39 is 0 Å². The molecule has 2 heterocycles. The zero-order chi connectivity index (χ0) is 11.5. The normalized spacial score (nSPS) is 10.4. The Morgan fingerprint density at radius 1 is 1.50 bits per heavy atom. The van der Waals surface area contributed by atoms with E-state index in [4.69, 9.17) is 21.9 Å². The summed E-state index contributed by atoms with van der Waals surface area (Å²) in [7, 11) is 0. The number of nitrogens with one attached hydrogen (secondary N) is 1. The third-order valence-corrected chi connectivity index (χ3v) is 2.24. The van der Waals surface area contributed by atoms with Crippen molar-refractivity contribution in [1.29, 1.82) is 0 Å². The van der Waals surface area contributed by atoms with Gasteiger partial charge in [-0.05, 0) is 6.92 Å². The molecule has 0 saturated heterocycles. The third-order valence-electron chi connectivity index (χ3n) is 1.94. The second-order valence-electron chi connectivity index (χ2n) is 3.21. The number of nitrogens with two attached hydrogens (primary N) is 1. The molecule has 0 saturated carbocycles. The number of aromatic nitrogens is 3. The Morgan fingerprint density at radius 2 is 2.31 bits per heavy atom. The van der Waals surface area contributed by atoms with Gasteiger partial charge in [0, 0.05) is 6.07 Å². The molecule has 0 amide bonds. The Hall–Kier alpha value is -1.82. The van der Waals surface area contributed by atoms with Crippen molar-refractivity contribution in [3.05, 3.63) is 29.0 Å². The molecule has 0 radical (unpaired) electrons. The number of hydrogen-bond donors (Lipinski definition) is 2. The summed E-state index contributed by atoms with van der Waals surface area (Å²) in [4.78, 5) is 7.72. The van der Waals surface area contributed by atoms with Gasteiger partial charge in [0.05, 0.1) is 12.2 Å². The first-order valence-corrected chi connectivity index (χ1v) is 4.96. The maximum Gasteiger partial charge on any atom is 0.157 e. The van der Waals surface area contributed by atoms with E-state index in [9.17, 15) is 0 Å². The molecule has 0 fully saturated rings. The van der Waals surface area contributed by atoms with E-state index in [-0.39, 0.29) is 5.15 Å². The van der Waals surface area contributed by atoms with E-state index in [0.29, 0.717) is 23.8 Å². The van der Waals surface area contributed by atoms with Gasteiger partial charge in [-0.1, -0.05) is 16.8 Å². The van der Waals surface area contributed by atoms with E-state index in [0.717, 1.165) is 5.69 Å². The van der Waals surface area contributed by atoms with Crippen LogP contribution in [0.2, 0.25) is 5.15 Å². The van der Waals surface area contributed by atoms with Crippen LogP contribution in [0.3, 0.4) is 0 Å². The molecule has 3 N–H and O–H groups in total. The Morgan fingerprint density at radius 3 is 3.00 bits per heavy atom. The lowest BCUT2D eigenvalue weighted by atomic mass is 10.4. The monoisotopic (exact) mass is 239 g/mol. The highest BCUT2D eigenvalue weighted by molar-refractivity contribution is 6.32. The van der Waals surface area contributed by atoms with Crippen molar-refractivity contribution in [1.82, 2.24) is 15.1 Å². The first kappa shape index (κ1) is 10.7. The average molecular weight is 240 g/mol. The number of nitrogens with zero attached hydrogens (tertiary/aromatic N) is 3. The smallest absolute Gasteiger partial charge is 0.157 e. The lowest BCUT2D eigenvalue weighted by Gasteiger charge is -2.06.